The van der Waals surface area contributed by atoms with Gasteiger partial charge in [-0.1, -0.05) is 6.07 Å². The summed E-state index contributed by atoms with van der Waals surface area (Å²) in [5.41, 5.74) is -1.07. The Hall–Kier alpha value is -1.43. The van der Waals surface area contributed by atoms with E-state index in [1.165, 1.54) is 6.07 Å². The van der Waals surface area contributed by atoms with Gasteiger partial charge in [-0.3, -0.25) is 4.79 Å². The highest BCUT2D eigenvalue weighted by atomic mass is 19.4. The smallest absolute Gasteiger partial charge is 0.300 e. The molecule has 1 aromatic rings. The van der Waals surface area contributed by atoms with Gasteiger partial charge in [-0.05, 0) is 50.4 Å². The first-order valence-corrected chi connectivity index (χ1v) is 7.86. The lowest BCUT2D eigenvalue weighted by atomic mass is 9.85. The third-order valence-electron chi connectivity index (χ3n) is 5.27. The monoisotopic (exact) mass is 329 g/mol. The fourth-order valence-electron chi connectivity index (χ4n) is 3.92. The van der Waals surface area contributed by atoms with Crippen molar-refractivity contribution in [2.45, 2.75) is 50.4 Å². The van der Waals surface area contributed by atoms with Crippen molar-refractivity contribution in [1.29, 1.82) is 0 Å². The molecule has 23 heavy (non-hydrogen) atoms. The molecule has 0 aliphatic carbocycles. The quantitative estimate of drug-likeness (QED) is 0.786. The molecule has 2 atom stereocenters. The predicted molar refractivity (Wildman–Crippen MR) is 77.4 cm³/mol. The van der Waals surface area contributed by atoms with Crippen LogP contribution in [0.5, 0.6) is 0 Å². The van der Waals surface area contributed by atoms with Crippen molar-refractivity contribution in [1.82, 2.24) is 4.90 Å². The molecule has 0 aromatic heterocycles. The predicted octanol–water partition coefficient (Wildman–Crippen LogP) is 3.83. The molecule has 0 N–H and O–H groups in total. The maximum atomic E-state index is 13.3. The molecule has 2 fully saturated rings. The number of hydrogen-bond donors (Lipinski definition) is 0. The first kappa shape index (κ1) is 16.4. The molecule has 2 bridgehead atoms. The molecule has 3 rings (SSSR count). The maximum Gasteiger partial charge on any atom is 0.419 e. The van der Waals surface area contributed by atoms with E-state index in [0.29, 0.717) is 12.1 Å². The summed E-state index contributed by atoms with van der Waals surface area (Å²) in [6.45, 7) is 0. The number of carbonyl (C=O) groups excluding carboxylic acids is 1. The van der Waals surface area contributed by atoms with Gasteiger partial charge >= 0.3 is 6.18 Å². The van der Waals surface area contributed by atoms with Gasteiger partial charge in [0.25, 0.3) is 0 Å². The van der Waals surface area contributed by atoms with E-state index in [9.17, 15) is 22.4 Å². The van der Waals surface area contributed by atoms with E-state index in [1.54, 1.807) is 0 Å². The number of fused-ring (bicyclic) bond motifs is 2. The Morgan fingerprint density at radius 3 is 2.39 bits per heavy atom. The van der Waals surface area contributed by atoms with Crippen LogP contribution in [0, 0.1) is 11.7 Å². The van der Waals surface area contributed by atoms with Gasteiger partial charge in [0.15, 0.2) is 0 Å². The fraction of sp³-hybridized carbons (Fsp3) is 0.588. The maximum absolute atomic E-state index is 13.3. The lowest BCUT2D eigenvalue weighted by Crippen LogP contribution is -2.42. The second-order valence-corrected chi connectivity index (χ2v) is 6.67. The van der Waals surface area contributed by atoms with E-state index in [4.69, 9.17) is 0 Å². The number of benzene rings is 1. The summed E-state index contributed by atoms with van der Waals surface area (Å²) in [6.07, 6.45) is -1.08. The second-order valence-electron chi connectivity index (χ2n) is 6.67. The van der Waals surface area contributed by atoms with Gasteiger partial charge in [-0.25, -0.2) is 4.39 Å². The SMILES string of the molecule is CN1C2CCC1CC(C(=O)Cc1ccc(F)c(C(F)(F)F)c1)C2. The third kappa shape index (κ3) is 3.27. The average molecular weight is 329 g/mol. The van der Waals surface area contributed by atoms with Crippen LogP contribution < -0.4 is 0 Å². The number of rotatable bonds is 3. The highest BCUT2D eigenvalue weighted by Gasteiger charge is 2.40. The molecule has 0 spiro atoms. The fourth-order valence-corrected chi connectivity index (χ4v) is 3.92. The van der Waals surface area contributed by atoms with Crippen molar-refractivity contribution in [2.75, 3.05) is 7.05 Å². The number of hydrogen-bond acceptors (Lipinski definition) is 2. The minimum Gasteiger partial charge on any atom is -0.300 e. The Labute approximate surface area is 132 Å². The summed E-state index contributed by atoms with van der Waals surface area (Å²) >= 11 is 0. The van der Waals surface area contributed by atoms with Gasteiger partial charge in [0, 0.05) is 24.4 Å². The van der Waals surface area contributed by atoms with E-state index in [1.807, 2.05) is 0 Å². The number of ketones is 1. The lowest BCUT2D eigenvalue weighted by Gasteiger charge is -2.35. The highest BCUT2D eigenvalue weighted by molar-refractivity contribution is 5.83. The number of piperidine rings is 1. The molecule has 2 unspecified atom stereocenters. The summed E-state index contributed by atoms with van der Waals surface area (Å²) in [5.74, 6) is -1.43. The van der Waals surface area contributed by atoms with Crippen LogP contribution in [0.1, 0.15) is 36.8 Å². The highest BCUT2D eigenvalue weighted by Crippen LogP contribution is 2.38. The van der Waals surface area contributed by atoms with Gasteiger partial charge < -0.3 is 4.90 Å². The largest absolute Gasteiger partial charge is 0.419 e. The Morgan fingerprint density at radius 1 is 1.22 bits per heavy atom. The van der Waals surface area contributed by atoms with Gasteiger partial charge in [0.1, 0.15) is 11.6 Å². The number of Topliss-reactive ketones (excluding diaryl/α,β-unsaturated/α-hetero) is 1. The van der Waals surface area contributed by atoms with Crippen molar-refractivity contribution >= 4 is 5.78 Å². The molecular formula is C17H19F4NO. The molecular weight excluding hydrogens is 310 g/mol. The molecule has 0 saturated carbocycles. The molecule has 0 amide bonds. The Balaban J connectivity index is 1.71. The van der Waals surface area contributed by atoms with Crippen LogP contribution in [0.2, 0.25) is 0 Å². The first-order chi connectivity index (χ1) is 10.8. The first-order valence-electron chi connectivity index (χ1n) is 7.86. The number of halogens is 4. The molecule has 0 radical (unpaired) electrons. The Morgan fingerprint density at radius 2 is 1.83 bits per heavy atom. The van der Waals surface area contributed by atoms with Gasteiger partial charge in [-0.15, -0.1) is 0 Å². The zero-order valence-electron chi connectivity index (χ0n) is 12.9. The lowest BCUT2D eigenvalue weighted by molar-refractivity contribution is -0.140. The number of carbonyl (C=O) groups is 1. The van der Waals surface area contributed by atoms with E-state index < -0.39 is 17.6 Å². The molecule has 2 nitrogen and oxygen atoms in total. The summed E-state index contributed by atoms with van der Waals surface area (Å²) in [5, 5.41) is 0. The summed E-state index contributed by atoms with van der Waals surface area (Å²) in [7, 11) is 2.07. The molecule has 2 heterocycles. The van der Waals surface area contributed by atoms with Crippen LogP contribution >= 0.6 is 0 Å². The summed E-state index contributed by atoms with van der Waals surface area (Å²) in [6, 6.07) is 3.63. The topological polar surface area (TPSA) is 20.3 Å². The number of nitrogens with zero attached hydrogens (tertiary/aromatic N) is 1. The van der Waals surface area contributed by atoms with Gasteiger partial charge in [0.2, 0.25) is 0 Å². The molecule has 6 heteroatoms. The zero-order valence-corrected chi connectivity index (χ0v) is 12.9. The minimum atomic E-state index is -4.74. The summed E-state index contributed by atoms with van der Waals surface area (Å²) < 4.78 is 51.5. The second kappa shape index (κ2) is 5.89. The summed E-state index contributed by atoms with van der Waals surface area (Å²) in [4.78, 5) is 14.8. The zero-order chi connectivity index (χ0) is 16.8. The van der Waals surface area contributed by atoms with Crippen molar-refractivity contribution in [3.05, 3.63) is 35.1 Å². The van der Waals surface area contributed by atoms with Crippen LogP contribution in [-0.2, 0) is 17.4 Å². The molecule has 126 valence electrons. The van der Waals surface area contributed by atoms with Crippen molar-refractivity contribution < 1.29 is 22.4 Å². The standard InChI is InChI=1S/C17H19F4NO/c1-22-12-3-4-13(22)9-11(8-12)16(23)7-10-2-5-15(18)14(6-10)17(19,20)21/h2,5-6,11-13H,3-4,7-9H2,1H3. The van der Waals surface area contributed by atoms with E-state index in [-0.39, 0.29) is 23.7 Å². The van der Waals surface area contributed by atoms with E-state index in [0.717, 1.165) is 37.8 Å². The van der Waals surface area contributed by atoms with Gasteiger partial charge in [-0.2, -0.15) is 13.2 Å². The van der Waals surface area contributed by atoms with Crippen LogP contribution in [0.4, 0.5) is 17.6 Å². The molecule has 2 saturated heterocycles. The average Bonchev–Trinajstić information content (AvgIpc) is 2.70. The van der Waals surface area contributed by atoms with Crippen molar-refractivity contribution in [3.8, 4) is 0 Å². The molecule has 2 aliphatic heterocycles. The van der Waals surface area contributed by atoms with Gasteiger partial charge in [0.05, 0.1) is 5.56 Å². The molecule has 1 aromatic carbocycles. The van der Waals surface area contributed by atoms with Crippen LogP contribution in [-0.4, -0.2) is 29.8 Å². The third-order valence-corrected chi connectivity index (χ3v) is 5.27. The normalized spacial score (nSPS) is 28.1. The van der Waals surface area contributed by atoms with Crippen molar-refractivity contribution in [3.63, 3.8) is 0 Å². The van der Waals surface area contributed by atoms with Crippen LogP contribution in [0.3, 0.4) is 0 Å². The number of alkyl halides is 3. The van der Waals surface area contributed by atoms with Crippen LogP contribution in [0.25, 0.3) is 0 Å². The van der Waals surface area contributed by atoms with Crippen LogP contribution in [0.15, 0.2) is 18.2 Å². The Kier molecular flexibility index (Phi) is 4.21. The van der Waals surface area contributed by atoms with Crippen molar-refractivity contribution in [2.24, 2.45) is 5.92 Å². The van der Waals surface area contributed by atoms with E-state index >= 15 is 0 Å². The minimum absolute atomic E-state index is 0.0327. The Bertz CT molecular complexity index is 599. The van der Waals surface area contributed by atoms with E-state index in [2.05, 4.69) is 11.9 Å². The molecule has 2 aliphatic rings.